The maximum absolute atomic E-state index is 12.3. The molecule has 6 heteroatoms. The lowest BCUT2D eigenvalue weighted by Gasteiger charge is -2.16. The Balaban J connectivity index is 1.37. The third-order valence-corrected chi connectivity index (χ3v) is 5.15. The van der Waals surface area contributed by atoms with Crippen LogP contribution in [0.5, 0.6) is 0 Å². The second kappa shape index (κ2) is 8.76. The summed E-state index contributed by atoms with van der Waals surface area (Å²) < 4.78 is 5.26. The van der Waals surface area contributed by atoms with Gasteiger partial charge in [0.05, 0.1) is 17.9 Å². The summed E-state index contributed by atoms with van der Waals surface area (Å²) in [6, 6.07) is 13.7. The van der Waals surface area contributed by atoms with E-state index in [1.807, 2.05) is 42.5 Å². The molecule has 1 aliphatic rings. The summed E-state index contributed by atoms with van der Waals surface area (Å²) in [4.78, 5) is 26.2. The molecule has 25 heavy (non-hydrogen) atoms. The van der Waals surface area contributed by atoms with Crippen molar-refractivity contribution in [3.63, 3.8) is 0 Å². The van der Waals surface area contributed by atoms with Gasteiger partial charge < -0.3 is 14.6 Å². The van der Waals surface area contributed by atoms with Gasteiger partial charge in [-0.1, -0.05) is 30.3 Å². The zero-order valence-corrected chi connectivity index (χ0v) is 14.8. The van der Waals surface area contributed by atoms with E-state index in [-0.39, 0.29) is 17.7 Å². The van der Waals surface area contributed by atoms with E-state index in [1.165, 1.54) is 0 Å². The summed E-state index contributed by atoms with van der Waals surface area (Å²) in [7, 11) is 0. The molecule has 2 heterocycles. The third kappa shape index (κ3) is 5.13. The highest BCUT2D eigenvalue weighted by Crippen LogP contribution is 2.20. The molecule has 0 aliphatic carbocycles. The van der Waals surface area contributed by atoms with E-state index < -0.39 is 0 Å². The monoisotopic (exact) mass is 358 g/mol. The Morgan fingerprint density at radius 1 is 1.24 bits per heavy atom. The summed E-state index contributed by atoms with van der Waals surface area (Å²) >= 11 is 1.71. The molecule has 1 aromatic carbocycles. The number of benzene rings is 1. The Morgan fingerprint density at radius 2 is 2.08 bits per heavy atom. The highest BCUT2D eigenvalue weighted by Gasteiger charge is 2.33. The SMILES string of the molecule is O=C(NCCSCc1ccco1)C1CC(=O)N(Cc2ccccc2)C1. The van der Waals surface area contributed by atoms with E-state index in [2.05, 4.69) is 5.32 Å². The van der Waals surface area contributed by atoms with Crippen molar-refractivity contribution in [2.45, 2.75) is 18.7 Å². The maximum Gasteiger partial charge on any atom is 0.225 e. The quantitative estimate of drug-likeness (QED) is 0.737. The van der Waals surface area contributed by atoms with Crippen molar-refractivity contribution in [1.29, 1.82) is 0 Å². The van der Waals surface area contributed by atoms with Gasteiger partial charge in [-0.05, 0) is 17.7 Å². The largest absolute Gasteiger partial charge is 0.468 e. The van der Waals surface area contributed by atoms with Gasteiger partial charge in [0.1, 0.15) is 5.76 Å². The molecule has 1 aliphatic heterocycles. The predicted molar refractivity (Wildman–Crippen MR) is 97.8 cm³/mol. The molecule has 0 bridgehead atoms. The van der Waals surface area contributed by atoms with Crippen molar-refractivity contribution >= 4 is 23.6 Å². The number of rotatable bonds is 8. The fraction of sp³-hybridized carbons (Fsp3) is 0.368. The van der Waals surface area contributed by atoms with Gasteiger partial charge in [0.25, 0.3) is 0 Å². The molecule has 3 rings (SSSR count). The Kier molecular flexibility index (Phi) is 6.17. The zero-order valence-electron chi connectivity index (χ0n) is 14.0. The van der Waals surface area contributed by atoms with Gasteiger partial charge in [0, 0.05) is 31.8 Å². The highest BCUT2D eigenvalue weighted by atomic mass is 32.2. The number of likely N-dealkylation sites (tertiary alicyclic amines) is 1. The first kappa shape index (κ1) is 17.6. The smallest absolute Gasteiger partial charge is 0.225 e. The van der Waals surface area contributed by atoms with Crippen LogP contribution in [0.2, 0.25) is 0 Å². The second-order valence-corrected chi connectivity index (χ2v) is 7.19. The standard InChI is InChI=1S/C19H22N2O3S/c22-18-11-16(13-21(18)12-15-5-2-1-3-6-15)19(23)20-8-10-25-14-17-7-4-9-24-17/h1-7,9,16H,8,10-14H2,(H,20,23). The molecule has 2 aromatic rings. The molecular weight excluding hydrogens is 336 g/mol. The average molecular weight is 358 g/mol. The molecular formula is C19H22N2O3S. The molecule has 0 spiro atoms. The van der Waals surface area contributed by atoms with Crippen molar-refractivity contribution < 1.29 is 14.0 Å². The van der Waals surface area contributed by atoms with Crippen molar-refractivity contribution in [2.24, 2.45) is 5.92 Å². The number of nitrogens with one attached hydrogen (secondary N) is 1. The topological polar surface area (TPSA) is 62.6 Å². The number of nitrogens with zero attached hydrogens (tertiary/aromatic N) is 1. The molecule has 2 amide bonds. The molecule has 5 nitrogen and oxygen atoms in total. The van der Waals surface area contributed by atoms with Crippen molar-refractivity contribution in [3.05, 3.63) is 60.1 Å². The van der Waals surface area contributed by atoms with Gasteiger partial charge in [0.15, 0.2) is 0 Å². The molecule has 1 saturated heterocycles. The Labute approximate surface area is 151 Å². The van der Waals surface area contributed by atoms with Gasteiger partial charge in [-0.15, -0.1) is 0 Å². The van der Waals surface area contributed by atoms with Crippen LogP contribution in [0.1, 0.15) is 17.7 Å². The van der Waals surface area contributed by atoms with E-state index >= 15 is 0 Å². The summed E-state index contributed by atoms with van der Waals surface area (Å²) in [5.74, 6) is 2.34. The van der Waals surface area contributed by atoms with Crippen LogP contribution in [-0.2, 0) is 21.9 Å². The molecule has 1 N–H and O–H groups in total. The number of hydrogen-bond acceptors (Lipinski definition) is 4. The highest BCUT2D eigenvalue weighted by molar-refractivity contribution is 7.98. The number of furan rings is 1. The van der Waals surface area contributed by atoms with E-state index in [1.54, 1.807) is 22.9 Å². The zero-order chi connectivity index (χ0) is 17.5. The van der Waals surface area contributed by atoms with E-state index in [0.29, 0.717) is 26.1 Å². The van der Waals surface area contributed by atoms with Crippen LogP contribution >= 0.6 is 11.8 Å². The molecule has 1 aromatic heterocycles. The molecule has 0 radical (unpaired) electrons. The van der Waals surface area contributed by atoms with Crippen LogP contribution in [0.25, 0.3) is 0 Å². The van der Waals surface area contributed by atoms with Crippen LogP contribution in [0.4, 0.5) is 0 Å². The van der Waals surface area contributed by atoms with Crippen molar-refractivity contribution in [1.82, 2.24) is 10.2 Å². The van der Waals surface area contributed by atoms with Gasteiger partial charge in [-0.3, -0.25) is 9.59 Å². The number of hydrogen-bond donors (Lipinski definition) is 1. The second-order valence-electron chi connectivity index (χ2n) is 6.08. The molecule has 1 fully saturated rings. The molecule has 132 valence electrons. The van der Waals surface area contributed by atoms with Gasteiger partial charge in [0.2, 0.25) is 11.8 Å². The Bertz CT molecular complexity index is 688. The normalized spacial score (nSPS) is 17.0. The lowest BCUT2D eigenvalue weighted by Crippen LogP contribution is -2.34. The van der Waals surface area contributed by atoms with Crippen LogP contribution in [-0.4, -0.2) is 35.6 Å². The number of thioether (sulfide) groups is 1. The third-order valence-electron chi connectivity index (χ3n) is 4.17. The predicted octanol–water partition coefficient (Wildman–Crippen LogP) is 2.68. The van der Waals surface area contributed by atoms with Crippen molar-refractivity contribution in [2.75, 3.05) is 18.8 Å². The summed E-state index contributed by atoms with van der Waals surface area (Å²) in [6.07, 6.45) is 1.97. The van der Waals surface area contributed by atoms with Gasteiger partial charge in [-0.2, -0.15) is 11.8 Å². The van der Waals surface area contributed by atoms with Crippen LogP contribution in [0.3, 0.4) is 0 Å². The summed E-state index contributed by atoms with van der Waals surface area (Å²) in [6.45, 7) is 1.68. The minimum absolute atomic E-state index is 0.0255. The van der Waals surface area contributed by atoms with Crippen LogP contribution < -0.4 is 5.32 Å². The number of amides is 2. The summed E-state index contributed by atoms with van der Waals surface area (Å²) in [5, 5.41) is 2.94. The van der Waals surface area contributed by atoms with E-state index in [4.69, 9.17) is 4.42 Å². The molecule has 0 saturated carbocycles. The maximum atomic E-state index is 12.3. The minimum Gasteiger partial charge on any atom is -0.468 e. The Morgan fingerprint density at radius 3 is 2.84 bits per heavy atom. The average Bonchev–Trinajstić information content (AvgIpc) is 3.26. The van der Waals surface area contributed by atoms with Crippen molar-refractivity contribution in [3.8, 4) is 0 Å². The first-order valence-corrected chi connectivity index (χ1v) is 9.57. The van der Waals surface area contributed by atoms with E-state index in [0.717, 1.165) is 22.8 Å². The lowest BCUT2D eigenvalue weighted by molar-refractivity contribution is -0.129. The molecule has 1 unspecified atom stereocenters. The first-order chi connectivity index (χ1) is 12.2. The van der Waals surface area contributed by atoms with Gasteiger partial charge in [-0.25, -0.2) is 0 Å². The number of carbonyl (C=O) groups excluding carboxylic acids is 2. The Hall–Kier alpha value is -2.21. The fourth-order valence-electron chi connectivity index (χ4n) is 2.86. The minimum atomic E-state index is -0.244. The van der Waals surface area contributed by atoms with Crippen LogP contribution in [0.15, 0.2) is 53.1 Å². The first-order valence-electron chi connectivity index (χ1n) is 8.42. The van der Waals surface area contributed by atoms with Crippen LogP contribution in [0, 0.1) is 5.92 Å². The van der Waals surface area contributed by atoms with Gasteiger partial charge >= 0.3 is 0 Å². The molecule has 1 atom stereocenters. The van der Waals surface area contributed by atoms with E-state index in [9.17, 15) is 9.59 Å². The summed E-state index contributed by atoms with van der Waals surface area (Å²) in [5.41, 5.74) is 1.09. The lowest BCUT2D eigenvalue weighted by atomic mass is 10.1. The fourth-order valence-corrected chi connectivity index (χ4v) is 3.62. The number of carbonyl (C=O) groups is 2.